The van der Waals surface area contributed by atoms with Crippen molar-refractivity contribution in [2.45, 2.75) is 46.1 Å². The molecule has 18 heavy (non-hydrogen) atoms. The van der Waals surface area contributed by atoms with Crippen molar-refractivity contribution in [1.82, 2.24) is 0 Å². The summed E-state index contributed by atoms with van der Waals surface area (Å²) in [5.41, 5.74) is 1.96. The molecule has 0 spiro atoms. The van der Waals surface area contributed by atoms with Crippen molar-refractivity contribution in [1.29, 1.82) is 0 Å². The van der Waals surface area contributed by atoms with E-state index in [1.807, 2.05) is 18.2 Å². The van der Waals surface area contributed by atoms with E-state index in [1.54, 1.807) is 0 Å². The molecule has 0 atom stereocenters. The number of halogens is 1. The molecule has 3 heteroatoms. The highest BCUT2D eigenvalue weighted by atomic mass is 35.5. The molecule has 102 valence electrons. The molecule has 0 bridgehead atoms. The first kappa shape index (κ1) is 15.3. The molecule has 1 N–H and O–H groups in total. The number of anilines is 1. The molecule has 0 aliphatic heterocycles. The molecule has 1 aromatic carbocycles. The van der Waals surface area contributed by atoms with Gasteiger partial charge in [-0.1, -0.05) is 44.4 Å². The average molecular weight is 270 g/mol. The van der Waals surface area contributed by atoms with Gasteiger partial charge in [-0.3, -0.25) is 0 Å². The van der Waals surface area contributed by atoms with E-state index in [2.05, 4.69) is 18.7 Å². The van der Waals surface area contributed by atoms with Crippen LogP contribution in [0.4, 0.5) is 5.69 Å². The van der Waals surface area contributed by atoms with E-state index in [4.69, 9.17) is 16.7 Å². The lowest BCUT2D eigenvalue weighted by molar-refractivity contribution is 0.282. The van der Waals surface area contributed by atoms with Crippen LogP contribution in [0.3, 0.4) is 0 Å². The molecule has 0 radical (unpaired) electrons. The van der Waals surface area contributed by atoms with E-state index in [9.17, 15) is 0 Å². The summed E-state index contributed by atoms with van der Waals surface area (Å²) in [4.78, 5) is 2.36. The summed E-state index contributed by atoms with van der Waals surface area (Å²) in [6.45, 7) is 6.55. The van der Waals surface area contributed by atoms with Crippen molar-refractivity contribution < 1.29 is 5.11 Å². The molecule has 0 saturated carbocycles. The zero-order valence-electron chi connectivity index (χ0n) is 11.5. The molecule has 0 amide bonds. The van der Waals surface area contributed by atoms with Crippen molar-refractivity contribution >= 4 is 17.3 Å². The Morgan fingerprint density at radius 1 is 1.11 bits per heavy atom. The van der Waals surface area contributed by atoms with Gasteiger partial charge in [-0.25, -0.2) is 0 Å². The number of unbranched alkanes of at least 4 members (excludes halogenated alkanes) is 2. The molecule has 0 saturated heterocycles. The number of aliphatic hydroxyl groups is 1. The van der Waals surface area contributed by atoms with Crippen molar-refractivity contribution in [3.8, 4) is 0 Å². The molecule has 0 unspecified atom stereocenters. The Hall–Kier alpha value is -0.730. The van der Waals surface area contributed by atoms with E-state index in [0.717, 1.165) is 29.4 Å². The summed E-state index contributed by atoms with van der Waals surface area (Å²) in [6.07, 6.45) is 4.74. The minimum atomic E-state index is 0.0456. The van der Waals surface area contributed by atoms with Crippen molar-refractivity contribution in [2.75, 3.05) is 18.0 Å². The van der Waals surface area contributed by atoms with Gasteiger partial charge in [-0.05, 0) is 30.5 Å². The van der Waals surface area contributed by atoms with Crippen LogP contribution in [0.1, 0.15) is 45.1 Å². The Bertz CT molecular complexity index is 346. The normalized spacial score (nSPS) is 10.7. The molecule has 0 aliphatic rings. The molecular formula is C15H24ClNO. The van der Waals surface area contributed by atoms with Crippen molar-refractivity contribution in [3.63, 3.8) is 0 Å². The van der Waals surface area contributed by atoms with Crippen LogP contribution in [0.25, 0.3) is 0 Å². The number of hydrogen-bond donors (Lipinski definition) is 1. The third-order valence-electron chi connectivity index (χ3n) is 3.10. The Labute approximate surface area is 116 Å². The smallest absolute Gasteiger partial charge is 0.0682 e. The van der Waals surface area contributed by atoms with Crippen LogP contribution in [0, 0.1) is 0 Å². The zero-order chi connectivity index (χ0) is 13.4. The van der Waals surface area contributed by atoms with Gasteiger partial charge >= 0.3 is 0 Å². The van der Waals surface area contributed by atoms with Crippen LogP contribution in [-0.4, -0.2) is 18.2 Å². The molecular weight excluding hydrogens is 246 g/mol. The Morgan fingerprint density at radius 3 is 2.17 bits per heavy atom. The summed E-state index contributed by atoms with van der Waals surface area (Å²) >= 11 is 6.31. The highest BCUT2D eigenvalue weighted by Crippen LogP contribution is 2.27. The summed E-state index contributed by atoms with van der Waals surface area (Å²) in [6, 6.07) is 5.84. The van der Waals surface area contributed by atoms with E-state index in [1.165, 1.54) is 25.7 Å². The fourth-order valence-corrected chi connectivity index (χ4v) is 2.28. The monoisotopic (exact) mass is 269 g/mol. The van der Waals surface area contributed by atoms with Crippen LogP contribution in [0.5, 0.6) is 0 Å². The maximum atomic E-state index is 9.10. The first-order chi connectivity index (χ1) is 8.72. The lowest BCUT2D eigenvalue weighted by Gasteiger charge is -2.26. The molecule has 2 nitrogen and oxygen atoms in total. The number of hydrogen-bond acceptors (Lipinski definition) is 2. The van der Waals surface area contributed by atoms with E-state index < -0.39 is 0 Å². The maximum Gasteiger partial charge on any atom is 0.0682 e. The summed E-state index contributed by atoms with van der Waals surface area (Å²) in [5, 5.41) is 9.85. The predicted octanol–water partition coefficient (Wildman–Crippen LogP) is 4.24. The molecule has 0 aliphatic carbocycles. The Morgan fingerprint density at radius 2 is 1.72 bits per heavy atom. The second-order valence-corrected chi connectivity index (χ2v) is 5.05. The third-order valence-corrected chi connectivity index (χ3v) is 3.40. The standard InChI is InChI=1S/C15H24ClNO/c1-3-5-9-17(10-6-4-2)15-8-7-13(12-18)11-14(15)16/h7-8,11,18H,3-6,9-10,12H2,1-2H3. The van der Waals surface area contributed by atoms with E-state index in [0.29, 0.717) is 0 Å². The van der Waals surface area contributed by atoms with Gasteiger partial charge in [0.15, 0.2) is 0 Å². The van der Waals surface area contributed by atoms with Gasteiger partial charge in [-0.2, -0.15) is 0 Å². The quantitative estimate of drug-likeness (QED) is 0.763. The second-order valence-electron chi connectivity index (χ2n) is 4.64. The molecule has 1 rings (SSSR count). The van der Waals surface area contributed by atoms with Crippen LogP contribution in [0.15, 0.2) is 18.2 Å². The largest absolute Gasteiger partial charge is 0.392 e. The number of rotatable bonds is 8. The molecule has 0 aromatic heterocycles. The Balaban J connectivity index is 2.82. The van der Waals surface area contributed by atoms with Crippen molar-refractivity contribution in [2.24, 2.45) is 0 Å². The van der Waals surface area contributed by atoms with Gasteiger partial charge in [0.25, 0.3) is 0 Å². The lowest BCUT2D eigenvalue weighted by Crippen LogP contribution is -2.25. The first-order valence-corrected chi connectivity index (χ1v) is 7.25. The average Bonchev–Trinajstić information content (AvgIpc) is 2.39. The van der Waals surface area contributed by atoms with Crippen LogP contribution in [-0.2, 0) is 6.61 Å². The van der Waals surface area contributed by atoms with Crippen LogP contribution in [0.2, 0.25) is 5.02 Å². The first-order valence-electron chi connectivity index (χ1n) is 6.87. The predicted molar refractivity (Wildman–Crippen MR) is 79.4 cm³/mol. The maximum absolute atomic E-state index is 9.10. The number of aliphatic hydroxyl groups excluding tert-OH is 1. The topological polar surface area (TPSA) is 23.5 Å². The molecule has 1 aromatic rings. The number of nitrogens with zero attached hydrogens (tertiary/aromatic N) is 1. The van der Waals surface area contributed by atoms with Gasteiger partial charge in [0.2, 0.25) is 0 Å². The van der Waals surface area contributed by atoms with Crippen LogP contribution >= 0.6 is 11.6 Å². The van der Waals surface area contributed by atoms with E-state index in [-0.39, 0.29) is 6.61 Å². The van der Waals surface area contributed by atoms with Crippen LogP contribution < -0.4 is 4.90 Å². The highest BCUT2D eigenvalue weighted by molar-refractivity contribution is 6.33. The minimum Gasteiger partial charge on any atom is -0.392 e. The Kier molecular flexibility index (Phi) is 7.14. The minimum absolute atomic E-state index is 0.0456. The summed E-state index contributed by atoms with van der Waals surface area (Å²) in [5.74, 6) is 0. The SMILES string of the molecule is CCCCN(CCCC)c1ccc(CO)cc1Cl. The fourth-order valence-electron chi connectivity index (χ4n) is 1.96. The summed E-state index contributed by atoms with van der Waals surface area (Å²) < 4.78 is 0. The van der Waals surface area contributed by atoms with Gasteiger partial charge < -0.3 is 10.0 Å². The third kappa shape index (κ3) is 4.51. The van der Waals surface area contributed by atoms with Gasteiger partial charge in [-0.15, -0.1) is 0 Å². The second kappa shape index (κ2) is 8.39. The number of benzene rings is 1. The highest BCUT2D eigenvalue weighted by Gasteiger charge is 2.10. The summed E-state index contributed by atoms with van der Waals surface area (Å²) in [7, 11) is 0. The van der Waals surface area contributed by atoms with Crippen molar-refractivity contribution in [3.05, 3.63) is 28.8 Å². The zero-order valence-corrected chi connectivity index (χ0v) is 12.2. The van der Waals surface area contributed by atoms with Gasteiger partial charge in [0.1, 0.15) is 0 Å². The molecule has 0 heterocycles. The van der Waals surface area contributed by atoms with Gasteiger partial charge in [0.05, 0.1) is 17.3 Å². The molecule has 0 fully saturated rings. The van der Waals surface area contributed by atoms with E-state index >= 15 is 0 Å². The fraction of sp³-hybridized carbons (Fsp3) is 0.600. The lowest BCUT2D eigenvalue weighted by atomic mass is 10.1. The van der Waals surface area contributed by atoms with Gasteiger partial charge in [0, 0.05) is 13.1 Å².